The summed E-state index contributed by atoms with van der Waals surface area (Å²) in [5, 5.41) is 5.23. The molecular weight excluding hydrogens is 314 g/mol. The number of nitrogens with one attached hydrogen (secondary N) is 1. The molecule has 1 aliphatic rings. The Hall–Kier alpha value is -2.41. The lowest BCUT2D eigenvalue weighted by molar-refractivity contribution is -0.122. The van der Waals surface area contributed by atoms with Crippen molar-refractivity contribution in [1.29, 1.82) is 0 Å². The monoisotopic (exact) mass is 331 g/mol. The Balaban J connectivity index is 1.67. The van der Waals surface area contributed by atoms with Crippen molar-refractivity contribution in [3.8, 4) is 5.75 Å². The van der Waals surface area contributed by atoms with Crippen LogP contribution in [0.3, 0.4) is 0 Å². The lowest BCUT2D eigenvalue weighted by Crippen LogP contribution is -2.28. The highest BCUT2D eigenvalue weighted by Gasteiger charge is 2.35. The Morgan fingerprint density at radius 1 is 1.39 bits per heavy atom. The molecule has 0 bridgehead atoms. The van der Waals surface area contributed by atoms with Gasteiger partial charge in [0, 0.05) is 24.0 Å². The van der Waals surface area contributed by atoms with Gasteiger partial charge < -0.3 is 15.0 Å². The number of carbonyl (C=O) groups is 2. The van der Waals surface area contributed by atoms with Crippen LogP contribution < -0.4 is 15.0 Å². The molecule has 1 saturated heterocycles. The Kier molecular flexibility index (Phi) is 4.29. The fourth-order valence-corrected chi connectivity index (χ4v) is 3.20. The van der Waals surface area contributed by atoms with Crippen LogP contribution in [0, 0.1) is 12.8 Å². The number of hydrogen-bond donors (Lipinski definition) is 1. The van der Waals surface area contributed by atoms with E-state index in [0.29, 0.717) is 11.7 Å². The van der Waals surface area contributed by atoms with Gasteiger partial charge in [-0.1, -0.05) is 0 Å². The summed E-state index contributed by atoms with van der Waals surface area (Å²) in [6, 6.07) is 7.24. The van der Waals surface area contributed by atoms with Crippen molar-refractivity contribution in [2.45, 2.75) is 13.3 Å². The summed E-state index contributed by atoms with van der Waals surface area (Å²) in [5.74, 6) is 0.150. The molecule has 7 heteroatoms. The Labute approximate surface area is 138 Å². The molecule has 0 radical (unpaired) electrons. The number of aryl methyl sites for hydroxylation is 1. The molecule has 0 spiro atoms. The van der Waals surface area contributed by atoms with Crippen molar-refractivity contribution in [1.82, 2.24) is 4.98 Å². The molecule has 23 heavy (non-hydrogen) atoms. The summed E-state index contributed by atoms with van der Waals surface area (Å²) in [4.78, 5) is 30.4. The van der Waals surface area contributed by atoms with Crippen molar-refractivity contribution in [3.05, 3.63) is 35.3 Å². The van der Waals surface area contributed by atoms with Crippen LogP contribution in [-0.2, 0) is 9.59 Å². The summed E-state index contributed by atoms with van der Waals surface area (Å²) in [6.07, 6.45) is 0.211. The number of ether oxygens (including phenoxy) is 1. The van der Waals surface area contributed by atoms with Crippen LogP contribution in [-0.4, -0.2) is 30.5 Å². The van der Waals surface area contributed by atoms with Crippen molar-refractivity contribution in [2.24, 2.45) is 5.92 Å². The summed E-state index contributed by atoms with van der Waals surface area (Å²) < 4.78 is 5.11. The molecule has 120 valence electrons. The normalized spacial score (nSPS) is 17.4. The largest absolute Gasteiger partial charge is 0.497 e. The lowest BCUT2D eigenvalue weighted by atomic mass is 10.1. The van der Waals surface area contributed by atoms with Crippen molar-refractivity contribution in [2.75, 3.05) is 23.9 Å². The molecule has 1 N–H and O–H groups in total. The van der Waals surface area contributed by atoms with Gasteiger partial charge in [0.25, 0.3) is 0 Å². The SMILES string of the molecule is COc1ccc(N2C[C@H](C(=O)Nc3nc(C)cs3)CC2=O)cc1. The third-order valence-electron chi connectivity index (χ3n) is 3.73. The number of methoxy groups -OCH3 is 1. The fraction of sp³-hybridized carbons (Fsp3) is 0.312. The number of anilines is 2. The van der Waals surface area contributed by atoms with Gasteiger partial charge in [0.15, 0.2) is 5.13 Å². The van der Waals surface area contributed by atoms with Crippen LogP contribution in [0.1, 0.15) is 12.1 Å². The highest BCUT2D eigenvalue weighted by Crippen LogP contribution is 2.27. The van der Waals surface area contributed by atoms with Crippen LogP contribution in [0.25, 0.3) is 0 Å². The van der Waals surface area contributed by atoms with E-state index in [1.165, 1.54) is 11.3 Å². The van der Waals surface area contributed by atoms with E-state index in [-0.39, 0.29) is 24.2 Å². The number of carbonyl (C=O) groups excluding carboxylic acids is 2. The summed E-state index contributed by atoms with van der Waals surface area (Å²) in [5.41, 5.74) is 1.64. The molecule has 2 amide bonds. The number of amides is 2. The number of benzene rings is 1. The number of aromatic nitrogens is 1. The van der Waals surface area contributed by atoms with Gasteiger partial charge in [-0.15, -0.1) is 11.3 Å². The minimum atomic E-state index is -0.367. The quantitative estimate of drug-likeness (QED) is 0.934. The van der Waals surface area contributed by atoms with Crippen LogP contribution in [0.15, 0.2) is 29.6 Å². The van der Waals surface area contributed by atoms with Crippen LogP contribution in [0.4, 0.5) is 10.8 Å². The van der Waals surface area contributed by atoms with E-state index in [9.17, 15) is 9.59 Å². The molecule has 6 nitrogen and oxygen atoms in total. The second-order valence-electron chi connectivity index (χ2n) is 5.39. The van der Waals surface area contributed by atoms with E-state index in [4.69, 9.17) is 4.74 Å². The molecule has 0 saturated carbocycles. The standard InChI is InChI=1S/C16H17N3O3S/c1-10-9-23-16(17-10)18-15(21)11-7-14(20)19(8-11)12-3-5-13(22-2)6-4-12/h3-6,9,11H,7-8H2,1-2H3,(H,17,18,21)/t11-/m1/s1. The molecule has 2 aromatic rings. The zero-order valence-corrected chi connectivity index (χ0v) is 13.7. The van der Waals surface area contributed by atoms with Gasteiger partial charge in [0.2, 0.25) is 11.8 Å². The molecule has 3 rings (SSSR count). The highest BCUT2D eigenvalue weighted by atomic mass is 32.1. The predicted molar refractivity (Wildman–Crippen MR) is 88.9 cm³/mol. The first-order valence-electron chi connectivity index (χ1n) is 7.24. The van der Waals surface area contributed by atoms with E-state index in [2.05, 4.69) is 10.3 Å². The number of thiazole rings is 1. The molecule has 2 heterocycles. The maximum absolute atomic E-state index is 12.3. The van der Waals surface area contributed by atoms with Crippen LogP contribution in [0.2, 0.25) is 0 Å². The highest BCUT2D eigenvalue weighted by molar-refractivity contribution is 7.13. The first-order valence-corrected chi connectivity index (χ1v) is 8.12. The molecule has 1 aromatic heterocycles. The molecule has 1 atom stereocenters. The van der Waals surface area contributed by atoms with E-state index < -0.39 is 0 Å². The summed E-state index contributed by atoms with van der Waals surface area (Å²) in [7, 11) is 1.59. The van der Waals surface area contributed by atoms with Crippen LogP contribution >= 0.6 is 11.3 Å². The smallest absolute Gasteiger partial charge is 0.231 e. The Morgan fingerprint density at radius 2 is 2.13 bits per heavy atom. The van der Waals surface area contributed by atoms with Gasteiger partial charge in [-0.2, -0.15) is 0 Å². The summed E-state index contributed by atoms with van der Waals surface area (Å²) in [6.45, 7) is 2.25. The minimum absolute atomic E-state index is 0.0503. The van der Waals surface area contributed by atoms with Crippen molar-refractivity contribution >= 4 is 34.0 Å². The van der Waals surface area contributed by atoms with Crippen molar-refractivity contribution < 1.29 is 14.3 Å². The molecule has 1 aromatic carbocycles. The number of hydrogen-bond acceptors (Lipinski definition) is 5. The maximum atomic E-state index is 12.3. The summed E-state index contributed by atoms with van der Waals surface area (Å²) >= 11 is 1.38. The average Bonchev–Trinajstić information content (AvgIpc) is 3.13. The molecule has 1 aliphatic heterocycles. The Morgan fingerprint density at radius 3 is 2.74 bits per heavy atom. The average molecular weight is 331 g/mol. The molecule has 1 fully saturated rings. The van der Waals surface area contributed by atoms with E-state index in [1.807, 2.05) is 24.4 Å². The van der Waals surface area contributed by atoms with Gasteiger partial charge in [0.05, 0.1) is 18.7 Å². The van der Waals surface area contributed by atoms with Gasteiger partial charge in [0.1, 0.15) is 5.75 Å². The second kappa shape index (κ2) is 6.37. The van der Waals surface area contributed by atoms with Gasteiger partial charge in [-0.3, -0.25) is 9.59 Å². The lowest BCUT2D eigenvalue weighted by Gasteiger charge is -2.16. The molecular formula is C16H17N3O3S. The van der Waals surface area contributed by atoms with E-state index in [0.717, 1.165) is 17.1 Å². The van der Waals surface area contributed by atoms with Gasteiger partial charge >= 0.3 is 0 Å². The van der Waals surface area contributed by atoms with E-state index >= 15 is 0 Å². The number of rotatable bonds is 4. The molecule has 0 unspecified atom stereocenters. The predicted octanol–water partition coefficient (Wildman–Crippen LogP) is 2.45. The topological polar surface area (TPSA) is 71.5 Å². The van der Waals surface area contributed by atoms with E-state index in [1.54, 1.807) is 24.1 Å². The first-order chi connectivity index (χ1) is 11.1. The fourth-order valence-electron chi connectivity index (χ4n) is 2.51. The number of nitrogens with zero attached hydrogens (tertiary/aromatic N) is 2. The zero-order chi connectivity index (χ0) is 16.4. The van der Waals surface area contributed by atoms with Gasteiger partial charge in [-0.05, 0) is 31.2 Å². The Bertz CT molecular complexity index is 726. The van der Waals surface area contributed by atoms with Crippen LogP contribution in [0.5, 0.6) is 5.75 Å². The third-order valence-corrected chi connectivity index (χ3v) is 4.60. The molecule has 0 aliphatic carbocycles. The first kappa shape index (κ1) is 15.5. The maximum Gasteiger partial charge on any atom is 0.231 e. The third kappa shape index (κ3) is 3.34. The second-order valence-corrected chi connectivity index (χ2v) is 6.24. The zero-order valence-electron chi connectivity index (χ0n) is 12.9. The van der Waals surface area contributed by atoms with Crippen molar-refractivity contribution in [3.63, 3.8) is 0 Å². The minimum Gasteiger partial charge on any atom is -0.497 e. The van der Waals surface area contributed by atoms with Gasteiger partial charge in [-0.25, -0.2) is 4.98 Å².